The molecule has 0 spiro atoms. The van der Waals surface area contributed by atoms with Gasteiger partial charge in [-0.1, -0.05) is 19.9 Å². The van der Waals surface area contributed by atoms with E-state index >= 15 is 0 Å². The lowest BCUT2D eigenvalue weighted by molar-refractivity contribution is -0.121. The van der Waals surface area contributed by atoms with Crippen molar-refractivity contribution >= 4 is 11.7 Å². The molecule has 1 saturated heterocycles. The second kappa shape index (κ2) is 6.02. The topological polar surface area (TPSA) is 71.2 Å². The Balaban J connectivity index is 2.09. The van der Waals surface area contributed by atoms with Gasteiger partial charge in [0.05, 0.1) is 5.92 Å². The summed E-state index contributed by atoms with van der Waals surface area (Å²) < 4.78 is 0. The highest BCUT2D eigenvalue weighted by Crippen LogP contribution is 2.24. The van der Waals surface area contributed by atoms with Gasteiger partial charge in [-0.25, -0.2) is 4.98 Å². The zero-order valence-corrected chi connectivity index (χ0v) is 11.6. The molecule has 1 fully saturated rings. The fourth-order valence-electron chi connectivity index (χ4n) is 2.35. The number of nitrogens with two attached hydrogens (primary N) is 1. The van der Waals surface area contributed by atoms with E-state index in [1.54, 1.807) is 6.20 Å². The van der Waals surface area contributed by atoms with Crippen molar-refractivity contribution in [2.75, 3.05) is 18.0 Å². The first-order valence-corrected chi connectivity index (χ1v) is 6.79. The van der Waals surface area contributed by atoms with Crippen molar-refractivity contribution in [1.29, 1.82) is 0 Å². The standard InChI is InChI=1S/C14H22N4O/c1-10(2)17-8-11-4-3-6-16-14(11)18-7-5-12(9-18)13(15)19/h3-4,6,10,12,17H,5,7-9H2,1-2H3,(H2,15,19). The number of aromatic nitrogens is 1. The number of pyridine rings is 1. The van der Waals surface area contributed by atoms with Crippen LogP contribution in [0.4, 0.5) is 5.82 Å². The molecule has 0 radical (unpaired) electrons. The minimum Gasteiger partial charge on any atom is -0.369 e. The number of hydrogen-bond donors (Lipinski definition) is 2. The second-order valence-electron chi connectivity index (χ2n) is 5.36. The van der Waals surface area contributed by atoms with Crippen molar-refractivity contribution in [3.63, 3.8) is 0 Å². The van der Waals surface area contributed by atoms with Crippen LogP contribution in [0.5, 0.6) is 0 Å². The Kier molecular flexibility index (Phi) is 4.37. The molecule has 3 N–H and O–H groups in total. The molecule has 0 aromatic carbocycles. The minimum absolute atomic E-state index is 0.0482. The molecule has 1 amide bonds. The Morgan fingerprint density at radius 3 is 3.05 bits per heavy atom. The van der Waals surface area contributed by atoms with Gasteiger partial charge < -0.3 is 16.0 Å². The van der Waals surface area contributed by atoms with E-state index in [1.807, 2.05) is 6.07 Å². The fourth-order valence-corrected chi connectivity index (χ4v) is 2.35. The van der Waals surface area contributed by atoms with Gasteiger partial charge >= 0.3 is 0 Å². The van der Waals surface area contributed by atoms with E-state index in [1.165, 1.54) is 5.56 Å². The third-order valence-corrected chi connectivity index (χ3v) is 3.46. The summed E-state index contributed by atoms with van der Waals surface area (Å²) in [5.41, 5.74) is 6.54. The summed E-state index contributed by atoms with van der Waals surface area (Å²) in [6.45, 7) is 6.56. The first-order valence-electron chi connectivity index (χ1n) is 6.79. The van der Waals surface area contributed by atoms with Crippen molar-refractivity contribution in [3.8, 4) is 0 Å². The van der Waals surface area contributed by atoms with Crippen LogP contribution >= 0.6 is 0 Å². The van der Waals surface area contributed by atoms with Gasteiger partial charge in [-0.05, 0) is 12.5 Å². The predicted molar refractivity (Wildman–Crippen MR) is 75.7 cm³/mol. The molecule has 1 aromatic rings. The first kappa shape index (κ1) is 13.8. The molecule has 1 aliphatic rings. The average Bonchev–Trinajstić information content (AvgIpc) is 2.86. The number of primary amides is 1. The van der Waals surface area contributed by atoms with Crippen LogP contribution in [0.1, 0.15) is 25.8 Å². The molecule has 5 nitrogen and oxygen atoms in total. The summed E-state index contributed by atoms with van der Waals surface area (Å²) in [4.78, 5) is 17.9. The third-order valence-electron chi connectivity index (χ3n) is 3.46. The van der Waals surface area contributed by atoms with Gasteiger partial charge in [0, 0.05) is 37.4 Å². The highest BCUT2D eigenvalue weighted by Gasteiger charge is 2.28. The Labute approximate surface area is 114 Å². The monoisotopic (exact) mass is 262 g/mol. The van der Waals surface area contributed by atoms with Gasteiger partial charge in [-0.15, -0.1) is 0 Å². The molecule has 19 heavy (non-hydrogen) atoms. The first-order chi connectivity index (χ1) is 9.08. The minimum atomic E-state index is -0.208. The molecule has 104 valence electrons. The van der Waals surface area contributed by atoms with E-state index in [-0.39, 0.29) is 11.8 Å². The number of nitrogens with zero attached hydrogens (tertiary/aromatic N) is 2. The number of anilines is 1. The maximum absolute atomic E-state index is 11.2. The Hall–Kier alpha value is -1.62. The van der Waals surface area contributed by atoms with Gasteiger partial charge in [-0.2, -0.15) is 0 Å². The van der Waals surface area contributed by atoms with Gasteiger partial charge in [-0.3, -0.25) is 4.79 Å². The van der Waals surface area contributed by atoms with Crippen LogP contribution in [0.15, 0.2) is 18.3 Å². The molecule has 1 unspecified atom stereocenters. The number of hydrogen-bond acceptors (Lipinski definition) is 4. The number of rotatable bonds is 5. The average molecular weight is 262 g/mol. The molecule has 1 atom stereocenters. The van der Waals surface area contributed by atoms with Crippen LogP contribution in [-0.4, -0.2) is 30.0 Å². The van der Waals surface area contributed by atoms with Crippen LogP contribution in [-0.2, 0) is 11.3 Å². The van der Waals surface area contributed by atoms with Gasteiger partial charge in [0.2, 0.25) is 5.91 Å². The van der Waals surface area contributed by atoms with Crippen LogP contribution in [0.25, 0.3) is 0 Å². The van der Waals surface area contributed by atoms with Crippen LogP contribution < -0.4 is 16.0 Å². The molecule has 1 aromatic heterocycles. The van der Waals surface area contributed by atoms with Crippen LogP contribution in [0, 0.1) is 5.92 Å². The van der Waals surface area contributed by atoms with Crippen molar-refractivity contribution in [2.45, 2.75) is 32.9 Å². The van der Waals surface area contributed by atoms with E-state index in [4.69, 9.17) is 5.73 Å². The van der Waals surface area contributed by atoms with Gasteiger partial charge in [0.1, 0.15) is 5.82 Å². The molecular formula is C14H22N4O. The fraction of sp³-hybridized carbons (Fsp3) is 0.571. The molecule has 0 aliphatic carbocycles. The summed E-state index contributed by atoms with van der Waals surface area (Å²) in [6.07, 6.45) is 2.62. The third kappa shape index (κ3) is 3.44. The van der Waals surface area contributed by atoms with Crippen molar-refractivity contribution in [1.82, 2.24) is 10.3 Å². The summed E-state index contributed by atoms with van der Waals surface area (Å²) in [7, 11) is 0. The molecule has 5 heteroatoms. The SMILES string of the molecule is CC(C)NCc1cccnc1N1CCC(C(N)=O)C1. The maximum Gasteiger partial charge on any atom is 0.222 e. The van der Waals surface area contributed by atoms with Gasteiger partial charge in [0.15, 0.2) is 0 Å². The zero-order chi connectivity index (χ0) is 13.8. The normalized spacial score (nSPS) is 19.1. The highest BCUT2D eigenvalue weighted by molar-refractivity contribution is 5.78. The highest BCUT2D eigenvalue weighted by atomic mass is 16.1. The van der Waals surface area contributed by atoms with E-state index < -0.39 is 0 Å². The quantitative estimate of drug-likeness (QED) is 0.827. The molecule has 0 saturated carbocycles. The second-order valence-corrected chi connectivity index (χ2v) is 5.36. The summed E-state index contributed by atoms with van der Waals surface area (Å²) in [5.74, 6) is 0.715. The van der Waals surface area contributed by atoms with Crippen molar-refractivity contribution in [2.24, 2.45) is 11.7 Å². The zero-order valence-electron chi connectivity index (χ0n) is 11.6. The number of amides is 1. The predicted octanol–water partition coefficient (Wildman–Crippen LogP) is 0.891. The van der Waals surface area contributed by atoms with Gasteiger partial charge in [0.25, 0.3) is 0 Å². The Bertz CT molecular complexity index is 447. The molecular weight excluding hydrogens is 240 g/mol. The lowest BCUT2D eigenvalue weighted by Gasteiger charge is -2.21. The maximum atomic E-state index is 11.2. The Morgan fingerprint density at radius 2 is 2.42 bits per heavy atom. The largest absolute Gasteiger partial charge is 0.369 e. The lowest BCUT2D eigenvalue weighted by atomic mass is 10.1. The Morgan fingerprint density at radius 1 is 1.63 bits per heavy atom. The van der Waals surface area contributed by atoms with Crippen molar-refractivity contribution < 1.29 is 4.79 Å². The lowest BCUT2D eigenvalue weighted by Crippen LogP contribution is -2.29. The molecule has 1 aliphatic heterocycles. The van der Waals surface area contributed by atoms with E-state index in [9.17, 15) is 4.79 Å². The smallest absolute Gasteiger partial charge is 0.222 e. The summed E-state index contributed by atoms with van der Waals surface area (Å²) >= 11 is 0. The van der Waals surface area contributed by atoms with Crippen LogP contribution in [0.2, 0.25) is 0 Å². The van der Waals surface area contributed by atoms with E-state index in [2.05, 4.69) is 35.1 Å². The number of carbonyl (C=O) groups excluding carboxylic acids is 1. The molecule has 2 rings (SSSR count). The number of nitrogens with one attached hydrogen (secondary N) is 1. The molecule has 2 heterocycles. The summed E-state index contributed by atoms with van der Waals surface area (Å²) in [6, 6.07) is 4.46. The van der Waals surface area contributed by atoms with E-state index in [0.29, 0.717) is 12.6 Å². The van der Waals surface area contributed by atoms with E-state index in [0.717, 1.165) is 25.3 Å². The summed E-state index contributed by atoms with van der Waals surface area (Å²) in [5, 5.41) is 3.40. The molecule has 0 bridgehead atoms. The van der Waals surface area contributed by atoms with Crippen molar-refractivity contribution in [3.05, 3.63) is 23.9 Å². The van der Waals surface area contributed by atoms with Crippen LogP contribution in [0.3, 0.4) is 0 Å². The number of carbonyl (C=O) groups is 1.